The highest BCUT2D eigenvalue weighted by molar-refractivity contribution is 5.89. The first-order chi connectivity index (χ1) is 14.0. The van der Waals surface area contributed by atoms with Crippen LogP contribution in [0.2, 0.25) is 0 Å². The number of carbonyl (C=O) groups excluding carboxylic acids is 2. The number of hydrogen-bond acceptors (Lipinski definition) is 3. The summed E-state index contributed by atoms with van der Waals surface area (Å²) < 4.78 is 14.1. The lowest BCUT2D eigenvalue weighted by Gasteiger charge is -2.37. The van der Waals surface area contributed by atoms with Crippen LogP contribution in [0.15, 0.2) is 54.6 Å². The van der Waals surface area contributed by atoms with Gasteiger partial charge in [0.2, 0.25) is 11.8 Å². The molecule has 2 aromatic carbocycles. The highest BCUT2D eigenvalue weighted by atomic mass is 19.1. The summed E-state index contributed by atoms with van der Waals surface area (Å²) in [6, 6.07) is 15.3. The van der Waals surface area contributed by atoms with Crippen molar-refractivity contribution in [2.24, 2.45) is 5.92 Å². The predicted octanol–water partition coefficient (Wildman–Crippen LogP) is 3.38. The molecule has 1 saturated heterocycles. The van der Waals surface area contributed by atoms with Gasteiger partial charge in [0, 0.05) is 32.6 Å². The molecule has 1 heterocycles. The lowest BCUT2D eigenvalue weighted by molar-refractivity contribution is -0.137. The zero-order chi connectivity index (χ0) is 20.8. The van der Waals surface area contributed by atoms with E-state index in [0.29, 0.717) is 38.3 Å². The average Bonchev–Trinajstić information content (AvgIpc) is 2.72. The molecule has 0 radical (unpaired) electrons. The SMILES string of the molecule is CC(C)CC(=O)NC(C(=O)N1CCN(c2ccccc2F)CC1)c1ccccc1. The molecule has 3 rings (SSSR count). The second-order valence-corrected chi connectivity index (χ2v) is 7.77. The molecule has 0 aromatic heterocycles. The summed E-state index contributed by atoms with van der Waals surface area (Å²) in [6.45, 7) is 6.01. The number of rotatable bonds is 6. The number of piperazine rings is 1. The van der Waals surface area contributed by atoms with E-state index in [1.54, 1.807) is 17.0 Å². The molecule has 6 heteroatoms. The Labute approximate surface area is 171 Å². The van der Waals surface area contributed by atoms with E-state index in [2.05, 4.69) is 5.32 Å². The second kappa shape index (κ2) is 9.54. The van der Waals surface area contributed by atoms with Gasteiger partial charge in [0.1, 0.15) is 11.9 Å². The second-order valence-electron chi connectivity index (χ2n) is 7.77. The van der Waals surface area contributed by atoms with Crippen molar-refractivity contribution in [3.8, 4) is 0 Å². The van der Waals surface area contributed by atoms with Crippen LogP contribution in [-0.2, 0) is 9.59 Å². The molecule has 0 aliphatic carbocycles. The van der Waals surface area contributed by atoms with Crippen LogP contribution in [0.1, 0.15) is 31.9 Å². The molecule has 5 nitrogen and oxygen atoms in total. The molecule has 1 aliphatic heterocycles. The Morgan fingerprint density at radius 1 is 0.966 bits per heavy atom. The van der Waals surface area contributed by atoms with Crippen LogP contribution in [0.5, 0.6) is 0 Å². The number of carbonyl (C=O) groups is 2. The quantitative estimate of drug-likeness (QED) is 0.813. The number of amides is 2. The molecule has 2 aromatic rings. The third-order valence-electron chi connectivity index (χ3n) is 5.06. The Morgan fingerprint density at radius 2 is 1.59 bits per heavy atom. The maximum Gasteiger partial charge on any atom is 0.249 e. The molecule has 1 atom stereocenters. The largest absolute Gasteiger partial charge is 0.366 e. The number of benzene rings is 2. The van der Waals surface area contributed by atoms with Crippen molar-refractivity contribution in [3.63, 3.8) is 0 Å². The maximum atomic E-state index is 14.1. The van der Waals surface area contributed by atoms with Gasteiger partial charge < -0.3 is 15.1 Å². The minimum absolute atomic E-state index is 0.124. The van der Waals surface area contributed by atoms with Gasteiger partial charge in [-0.2, -0.15) is 0 Å². The van der Waals surface area contributed by atoms with Gasteiger partial charge in [-0.1, -0.05) is 56.3 Å². The molecule has 1 unspecified atom stereocenters. The van der Waals surface area contributed by atoms with Crippen LogP contribution in [0, 0.1) is 11.7 Å². The molecule has 0 spiro atoms. The Hall–Kier alpha value is -2.89. The van der Waals surface area contributed by atoms with Gasteiger partial charge in [0.15, 0.2) is 0 Å². The monoisotopic (exact) mass is 397 g/mol. The van der Waals surface area contributed by atoms with E-state index in [0.717, 1.165) is 5.56 Å². The van der Waals surface area contributed by atoms with E-state index in [-0.39, 0.29) is 23.5 Å². The molecular weight excluding hydrogens is 369 g/mol. The maximum absolute atomic E-state index is 14.1. The molecule has 154 valence electrons. The van der Waals surface area contributed by atoms with Gasteiger partial charge >= 0.3 is 0 Å². The Kier molecular flexibility index (Phi) is 6.86. The molecule has 1 aliphatic rings. The summed E-state index contributed by atoms with van der Waals surface area (Å²) in [6.07, 6.45) is 0.373. The minimum Gasteiger partial charge on any atom is -0.366 e. The van der Waals surface area contributed by atoms with Crippen LogP contribution in [0.4, 0.5) is 10.1 Å². The summed E-state index contributed by atoms with van der Waals surface area (Å²) in [4.78, 5) is 29.3. The summed E-state index contributed by atoms with van der Waals surface area (Å²) in [5, 5.41) is 2.91. The van der Waals surface area contributed by atoms with Crippen LogP contribution >= 0.6 is 0 Å². The van der Waals surface area contributed by atoms with Crippen molar-refractivity contribution >= 4 is 17.5 Å². The van der Waals surface area contributed by atoms with Gasteiger partial charge in [-0.3, -0.25) is 9.59 Å². The highest BCUT2D eigenvalue weighted by Gasteiger charge is 2.30. The molecule has 29 heavy (non-hydrogen) atoms. The first-order valence-electron chi connectivity index (χ1n) is 10.1. The van der Waals surface area contributed by atoms with Gasteiger partial charge in [0.05, 0.1) is 5.69 Å². The normalized spacial score (nSPS) is 15.3. The smallest absolute Gasteiger partial charge is 0.249 e. The molecule has 2 amide bonds. The fraction of sp³-hybridized carbons (Fsp3) is 0.391. The van der Waals surface area contributed by atoms with Crippen molar-refractivity contribution < 1.29 is 14.0 Å². The summed E-state index contributed by atoms with van der Waals surface area (Å²) in [5.41, 5.74) is 1.33. The van der Waals surface area contributed by atoms with Crippen molar-refractivity contribution in [1.82, 2.24) is 10.2 Å². The Bertz CT molecular complexity index is 833. The topological polar surface area (TPSA) is 52.7 Å². The van der Waals surface area contributed by atoms with Gasteiger partial charge in [-0.05, 0) is 23.6 Å². The van der Waals surface area contributed by atoms with E-state index in [1.807, 2.05) is 55.1 Å². The Morgan fingerprint density at radius 3 is 2.21 bits per heavy atom. The fourth-order valence-electron chi connectivity index (χ4n) is 3.58. The molecule has 1 N–H and O–H groups in total. The first-order valence-corrected chi connectivity index (χ1v) is 10.1. The third kappa shape index (κ3) is 5.34. The van der Waals surface area contributed by atoms with E-state index < -0.39 is 6.04 Å². The number of anilines is 1. The third-order valence-corrected chi connectivity index (χ3v) is 5.06. The van der Waals surface area contributed by atoms with Gasteiger partial charge in [-0.15, -0.1) is 0 Å². The number of para-hydroxylation sites is 1. The number of nitrogens with zero attached hydrogens (tertiary/aromatic N) is 2. The number of hydrogen-bond donors (Lipinski definition) is 1. The zero-order valence-electron chi connectivity index (χ0n) is 17.0. The summed E-state index contributed by atoms with van der Waals surface area (Å²) in [7, 11) is 0. The van der Waals surface area contributed by atoms with Gasteiger partial charge in [-0.25, -0.2) is 4.39 Å². The lowest BCUT2D eigenvalue weighted by atomic mass is 10.0. The van der Waals surface area contributed by atoms with Crippen molar-refractivity contribution in [2.75, 3.05) is 31.1 Å². The molecular formula is C23H28FN3O2. The van der Waals surface area contributed by atoms with Crippen molar-refractivity contribution in [2.45, 2.75) is 26.3 Å². The van der Waals surface area contributed by atoms with Crippen molar-refractivity contribution in [1.29, 1.82) is 0 Å². The van der Waals surface area contributed by atoms with Gasteiger partial charge in [0.25, 0.3) is 0 Å². The van der Waals surface area contributed by atoms with E-state index >= 15 is 0 Å². The first kappa shape index (κ1) is 20.8. The molecule has 0 bridgehead atoms. The Balaban J connectivity index is 1.70. The van der Waals surface area contributed by atoms with Crippen LogP contribution < -0.4 is 10.2 Å². The van der Waals surface area contributed by atoms with Crippen molar-refractivity contribution in [3.05, 3.63) is 66.0 Å². The minimum atomic E-state index is -0.706. The predicted molar refractivity (Wildman–Crippen MR) is 112 cm³/mol. The van der Waals surface area contributed by atoms with Crippen LogP contribution in [-0.4, -0.2) is 42.9 Å². The van der Waals surface area contributed by atoms with E-state index in [1.165, 1.54) is 6.07 Å². The van der Waals surface area contributed by atoms with Crippen LogP contribution in [0.25, 0.3) is 0 Å². The highest BCUT2D eigenvalue weighted by Crippen LogP contribution is 2.22. The van der Waals surface area contributed by atoms with Crippen LogP contribution in [0.3, 0.4) is 0 Å². The standard InChI is InChI=1S/C23H28FN3O2/c1-17(2)16-21(28)25-22(18-8-4-3-5-9-18)23(29)27-14-12-26(13-15-27)20-11-7-6-10-19(20)24/h3-11,17,22H,12-16H2,1-2H3,(H,25,28). The van der Waals surface area contributed by atoms with E-state index in [9.17, 15) is 14.0 Å². The molecule has 0 saturated carbocycles. The lowest BCUT2D eigenvalue weighted by Crippen LogP contribution is -2.52. The number of nitrogens with one attached hydrogen (secondary N) is 1. The summed E-state index contributed by atoms with van der Waals surface area (Å²) >= 11 is 0. The summed E-state index contributed by atoms with van der Waals surface area (Å²) in [5.74, 6) is -0.296. The molecule has 1 fully saturated rings. The zero-order valence-corrected chi connectivity index (χ0v) is 17.0. The number of halogens is 1. The fourth-order valence-corrected chi connectivity index (χ4v) is 3.58. The van der Waals surface area contributed by atoms with E-state index in [4.69, 9.17) is 0 Å². The average molecular weight is 397 g/mol.